The lowest BCUT2D eigenvalue weighted by Gasteiger charge is -2.15. The fourth-order valence-electron chi connectivity index (χ4n) is 2.04. The third-order valence-corrected chi connectivity index (χ3v) is 2.94. The average molecular weight is 231 g/mol. The molecule has 0 atom stereocenters. The molecule has 1 N–H and O–H groups in total. The van der Waals surface area contributed by atoms with Gasteiger partial charge in [0.15, 0.2) is 0 Å². The van der Waals surface area contributed by atoms with Crippen LogP contribution in [0, 0.1) is 0 Å². The first-order chi connectivity index (χ1) is 8.34. The van der Waals surface area contributed by atoms with Crippen LogP contribution in [-0.4, -0.2) is 38.8 Å². The van der Waals surface area contributed by atoms with Crippen molar-refractivity contribution in [1.29, 1.82) is 0 Å². The molecule has 0 bridgehead atoms. The van der Waals surface area contributed by atoms with E-state index in [0.29, 0.717) is 5.69 Å². The third-order valence-electron chi connectivity index (χ3n) is 2.94. The number of likely N-dealkylation sites (tertiary alicyclic amines) is 1. The second kappa shape index (κ2) is 4.04. The maximum absolute atomic E-state index is 11.9. The Bertz CT molecular complexity index is 544. The Morgan fingerprint density at radius 2 is 2.12 bits per heavy atom. The fourth-order valence-corrected chi connectivity index (χ4v) is 2.04. The highest BCUT2D eigenvalue weighted by molar-refractivity contribution is 5.93. The number of carbonyl (C=O) groups excluding carboxylic acids is 1. The summed E-state index contributed by atoms with van der Waals surface area (Å²) in [6, 6.07) is 3.64. The van der Waals surface area contributed by atoms with Gasteiger partial charge in [-0.25, -0.2) is 4.79 Å². The molecule has 0 aliphatic carbocycles. The van der Waals surface area contributed by atoms with Gasteiger partial charge in [-0.15, -0.1) is 4.63 Å². The number of aromatic nitrogens is 3. The molecule has 0 aromatic carbocycles. The van der Waals surface area contributed by atoms with Crippen LogP contribution in [0.4, 0.5) is 10.5 Å². The van der Waals surface area contributed by atoms with E-state index in [1.165, 1.54) is 4.63 Å². The predicted octanol–water partition coefficient (Wildman–Crippen LogP) is 1.36. The maximum atomic E-state index is 11.9. The lowest BCUT2D eigenvalue weighted by molar-refractivity contribution is 0.222. The topological polar surface area (TPSA) is 62.5 Å². The van der Waals surface area contributed by atoms with Gasteiger partial charge in [-0.3, -0.25) is 0 Å². The molecule has 6 heteroatoms. The fraction of sp³-hybridized carbons (Fsp3) is 0.364. The number of fused-ring (bicyclic) bond motifs is 1. The van der Waals surface area contributed by atoms with Crippen molar-refractivity contribution in [3.8, 4) is 0 Å². The molecule has 3 rings (SSSR count). The molecular formula is C11H13N5O. The largest absolute Gasteiger partial charge is 0.325 e. The van der Waals surface area contributed by atoms with Crippen LogP contribution in [0.2, 0.25) is 0 Å². The first-order valence-electron chi connectivity index (χ1n) is 5.69. The molecule has 17 heavy (non-hydrogen) atoms. The SMILES string of the molecule is O=C(Nc1cnn2ncccc12)N1CCCC1. The number of hydrogen-bond donors (Lipinski definition) is 1. The van der Waals surface area contributed by atoms with Crippen LogP contribution in [0.1, 0.15) is 12.8 Å². The first-order valence-corrected chi connectivity index (χ1v) is 5.69. The molecule has 88 valence electrons. The molecule has 2 amide bonds. The molecule has 1 fully saturated rings. The van der Waals surface area contributed by atoms with E-state index < -0.39 is 0 Å². The van der Waals surface area contributed by atoms with Gasteiger partial charge in [0.1, 0.15) is 5.52 Å². The summed E-state index contributed by atoms with van der Waals surface area (Å²) in [7, 11) is 0. The molecule has 6 nitrogen and oxygen atoms in total. The van der Waals surface area contributed by atoms with Gasteiger partial charge in [-0.2, -0.15) is 10.2 Å². The highest BCUT2D eigenvalue weighted by atomic mass is 16.2. The Morgan fingerprint density at radius 3 is 2.94 bits per heavy atom. The zero-order valence-corrected chi connectivity index (χ0v) is 9.33. The van der Waals surface area contributed by atoms with E-state index in [4.69, 9.17) is 0 Å². The lowest BCUT2D eigenvalue weighted by Crippen LogP contribution is -2.32. The highest BCUT2D eigenvalue weighted by Crippen LogP contribution is 2.16. The van der Waals surface area contributed by atoms with Gasteiger partial charge in [0.05, 0.1) is 11.9 Å². The molecule has 1 aliphatic heterocycles. The van der Waals surface area contributed by atoms with E-state index in [2.05, 4.69) is 15.5 Å². The molecule has 0 spiro atoms. The number of anilines is 1. The second-order valence-corrected chi connectivity index (χ2v) is 4.08. The summed E-state index contributed by atoms with van der Waals surface area (Å²) in [6.45, 7) is 1.67. The molecule has 0 saturated carbocycles. The monoisotopic (exact) mass is 231 g/mol. The maximum Gasteiger partial charge on any atom is 0.321 e. The zero-order chi connectivity index (χ0) is 11.7. The van der Waals surface area contributed by atoms with Crippen LogP contribution in [0.15, 0.2) is 24.5 Å². The van der Waals surface area contributed by atoms with Gasteiger partial charge in [-0.05, 0) is 25.0 Å². The molecule has 3 heterocycles. The Labute approximate surface area is 98.2 Å². The molecule has 2 aromatic heterocycles. The minimum absolute atomic E-state index is 0.0544. The number of hydrogen-bond acceptors (Lipinski definition) is 3. The predicted molar refractivity (Wildman–Crippen MR) is 62.8 cm³/mol. The van der Waals surface area contributed by atoms with Crippen molar-refractivity contribution < 1.29 is 4.79 Å². The van der Waals surface area contributed by atoms with E-state index in [1.54, 1.807) is 12.4 Å². The summed E-state index contributed by atoms with van der Waals surface area (Å²) in [5.74, 6) is 0. The van der Waals surface area contributed by atoms with E-state index in [-0.39, 0.29) is 6.03 Å². The summed E-state index contributed by atoms with van der Waals surface area (Å²) < 4.78 is 1.50. The van der Waals surface area contributed by atoms with Crippen LogP contribution in [0.3, 0.4) is 0 Å². The minimum atomic E-state index is -0.0544. The first kappa shape index (κ1) is 10.1. The summed E-state index contributed by atoms with van der Waals surface area (Å²) in [5, 5.41) is 11.0. The standard InChI is InChI=1S/C11H13N5O/c17-11(15-6-1-2-7-15)14-9-8-13-16-10(9)4-3-5-12-16/h3-5,8H,1-2,6-7H2,(H,14,17). The van der Waals surface area contributed by atoms with Crippen molar-refractivity contribution in [3.05, 3.63) is 24.5 Å². The Hall–Kier alpha value is -2.11. The summed E-state index contributed by atoms with van der Waals surface area (Å²) in [6.07, 6.45) is 5.45. The van der Waals surface area contributed by atoms with Crippen molar-refractivity contribution in [1.82, 2.24) is 19.7 Å². The van der Waals surface area contributed by atoms with Crippen LogP contribution >= 0.6 is 0 Å². The average Bonchev–Trinajstić information content (AvgIpc) is 2.98. The molecule has 2 aromatic rings. The highest BCUT2D eigenvalue weighted by Gasteiger charge is 2.18. The summed E-state index contributed by atoms with van der Waals surface area (Å²) in [4.78, 5) is 13.7. The van der Waals surface area contributed by atoms with Crippen LogP contribution in [0.5, 0.6) is 0 Å². The number of rotatable bonds is 1. The van der Waals surface area contributed by atoms with Crippen molar-refractivity contribution in [2.75, 3.05) is 18.4 Å². The van der Waals surface area contributed by atoms with Crippen LogP contribution in [-0.2, 0) is 0 Å². The van der Waals surface area contributed by atoms with Crippen molar-refractivity contribution in [3.63, 3.8) is 0 Å². The van der Waals surface area contributed by atoms with Crippen molar-refractivity contribution in [2.45, 2.75) is 12.8 Å². The van der Waals surface area contributed by atoms with Gasteiger partial charge < -0.3 is 10.2 Å². The van der Waals surface area contributed by atoms with E-state index in [0.717, 1.165) is 31.4 Å². The van der Waals surface area contributed by atoms with Gasteiger partial charge in [0, 0.05) is 19.3 Å². The zero-order valence-electron chi connectivity index (χ0n) is 9.33. The van der Waals surface area contributed by atoms with Gasteiger partial charge in [0.2, 0.25) is 0 Å². The quantitative estimate of drug-likeness (QED) is 0.806. The van der Waals surface area contributed by atoms with Crippen molar-refractivity contribution in [2.24, 2.45) is 0 Å². The lowest BCUT2D eigenvalue weighted by atomic mass is 10.4. The molecule has 1 aliphatic rings. The van der Waals surface area contributed by atoms with Crippen molar-refractivity contribution >= 4 is 17.2 Å². The molecule has 0 radical (unpaired) electrons. The smallest absolute Gasteiger partial charge is 0.321 e. The van der Waals surface area contributed by atoms with Gasteiger partial charge in [0.25, 0.3) is 0 Å². The molecular weight excluding hydrogens is 218 g/mol. The Balaban J connectivity index is 1.82. The van der Waals surface area contributed by atoms with E-state index in [9.17, 15) is 4.79 Å². The van der Waals surface area contributed by atoms with E-state index in [1.807, 2.05) is 17.0 Å². The Kier molecular flexibility index (Phi) is 2.40. The number of nitrogens with one attached hydrogen (secondary N) is 1. The normalized spacial score (nSPS) is 15.4. The number of amides is 2. The second-order valence-electron chi connectivity index (χ2n) is 4.08. The summed E-state index contributed by atoms with van der Waals surface area (Å²) >= 11 is 0. The third kappa shape index (κ3) is 1.82. The number of nitrogens with zero attached hydrogens (tertiary/aromatic N) is 4. The number of urea groups is 1. The summed E-state index contributed by atoms with van der Waals surface area (Å²) in [5.41, 5.74) is 1.51. The Morgan fingerprint density at radius 1 is 1.29 bits per heavy atom. The molecule has 0 unspecified atom stereocenters. The van der Waals surface area contributed by atoms with Gasteiger partial charge in [-0.1, -0.05) is 0 Å². The number of carbonyl (C=O) groups is 1. The van der Waals surface area contributed by atoms with E-state index >= 15 is 0 Å². The van der Waals surface area contributed by atoms with Crippen LogP contribution in [0.25, 0.3) is 5.52 Å². The van der Waals surface area contributed by atoms with Crippen LogP contribution < -0.4 is 5.32 Å². The van der Waals surface area contributed by atoms with Gasteiger partial charge >= 0.3 is 6.03 Å². The minimum Gasteiger partial charge on any atom is -0.325 e. The molecule has 1 saturated heterocycles.